The highest BCUT2D eigenvalue weighted by Crippen LogP contribution is 2.31. The maximum atomic E-state index is 11.3. The van der Waals surface area contributed by atoms with E-state index in [1.165, 1.54) is 0 Å². The molecular formula is C11H12O3. The van der Waals surface area contributed by atoms with Crippen molar-refractivity contribution in [2.45, 2.75) is 19.4 Å². The Balaban J connectivity index is 2.10. The average Bonchev–Trinajstić information content (AvgIpc) is 3.02. The van der Waals surface area contributed by atoms with Crippen molar-refractivity contribution in [3.05, 3.63) is 29.8 Å². The van der Waals surface area contributed by atoms with Crippen LogP contribution in [0.25, 0.3) is 0 Å². The van der Waals surface area contributed by atoms with Crippen LogP contribution in [0.5, 0.6) is 5.75 Å². The molecule has 1 fully saturated rings. The van der Waals surface area contributed by atoms with E-state index in [1.54, 1.807) is 24.3 Å². The van der Waals surface area contributed by atoms with Crippen molar-refractivity contribution >= 4 is 5.97 Å². The van der Waals surface area contributed by atoms with Gasteiger partial charge in [-0.25, -0.2) is 0 Å². The minimum Gasteiger partial charge on any atom is -0.426 e. The van der Waals surface area contributed by atoms with E-state index >= 15 is 0 Å². The monoisotopic (exact) mass is 192 g/mol. The standard InChI is InChI=1S/C11H12O3/c12-7-9-3-1-2-4-10(9)14-11(13)8-5-6-8/h1-4,8,12H,5-7H2. The van der Waals surface area contributed by atoms with Crippen LogP contribution in [0, 0.1) is 5.92 Å². The highest BCUT2D eigenvalue weighted by Gasteiger charge is 2.31. The number of carbonyl (C=O) groups is 1. The Hall–Kier alpha value is -1.35. The molecule has 0 unspecified atom stereocenters. The zero-order valence-electron chi connectivity index (χ0n) is 7.77. The lowest BCUT2D eigenvalue weighted by Gasteiger charge is -2.06. The van der Waals surface area contributed by atoms with Gasteiger partial charge in [0.1, 0.15) is 5.75 Å². The molecule has 1 saturated carbocycles. The summed E-state index contributed by atoms with van der Waals surface area (Å²) in [5, 5.41) is 8.99. The fraction of sp³-hybridized carbons (Fsp3) is 0.364. The lowest BCUT2D eigenvalue weighted by Crippen LogP contribution is -2.11. The van der Waals surface area contributed by atoms with E-state index in [9.17, 15) is 4.79 Å². The van der Waals surface area contributed by atoms with Crippen molar-refractivity contribution in [2.75, 3.05) is 0 Å². The highest BCUT2D eigenvalue weighted by atomic mass is 16.5. The van der Waals surface area contributed by atoms with Crippen LogP contribution < -0.4 is 4.74 Å². The van der Waals surface area contributed by atoms with Crippen LogP contribution >= 0.6 is 0 Å². The second-order valence-electron chi connectivity index (χ2n) is 3.46. The van der Waals surface area contributed by atoms with E-state index in [-0.39, 0.29) is 18.5 Å². The van der Waals surface area contributed by atoms with Crippen LogP contribution in [0.4, 0.5) is 0 Å². The first-order valence-corrected chi connectivity index (χ1v) is 4.71. The summed E-state index contributed by atoms with van der Waals surface area (Å²) in [6.07, 6.45) is 1.86. The molecule has 2 rings (SSSR count). The fourth-order valence-electron chi connectivity index (χ4n) is 1.24. The van der Waals surface area contributed by atoms with Gasteiger partial charge in [-0.05, 0) is 18.9 Å². The van der Waals surface area contributed by atoms with Gasteiger partial charge >= 0.3 is 5.97 Å². The summed E-state index contributed by atoms with van der Waals surface area (Å²) in [5.41, 5.74) is 0.654. The lowest BCUT2D eigenvalue weighted by molar-refractivity contribution is -0.135. The van der Waals surface area contributed by atoms with Gasteiger partial charge in [0, 0.05) is 5.56 Å². The molecular weight excluding hydrogens is 180 g/mol. The van der Waals surface area contributed by atoms with Crippen molar-refractivity contribution in [3.63, 3.8) is 0 Å². The predicted molar refractivity (Wildman–Crippen MR) is 50.7 cm³/mol. The van der Waals surface area contributed by atoms with Gasteiger partial charge in [0.15, 0.2) is 0 Å². The van der Waals surface area contributed by atoms with Crippen molar-refractivity contribution in [2.24, 2.45) is 5.92 Å². The Morgan fingerprint density at radius 1 is 1.43 bits per heavy atom. The largest absolute Gasteiger partial charge is 0.426 e. The van der Waals surface area contributed by atoms with Gasteiger partial charge in [-0.3, -0.25) is 4.79 Å². The minimum absolute atomic E-state index is 0.0850. The molecule has 0 spiro atoms. The molecule has 1 aliphatic carbocycles. The van der Waals surface area contributed by atoms with Crippen LogP contribution in [0.2, 0.25) is 0 Å². The first kappa shape index (κ1) is 9.21. The summed E-state index contributed by atoms with van der Waals surface area (Å²) in [5.74, 6) is 0.388. The quantitative estimate of drug-likeness (QED) is 0.583. The molecule has 0 aromatic heterocycles. The van der Waals surface area contributed by atoms with Crippen LogP contribution in [0.15, 0.2) is 24.3 Å². The first-order valence-electron chi connectivity index (χ1n) is 4.71. The Morgan fingerprint density at radius 2 is 2.14 bits per heavy atom. The number of hydrogen-bond donors (Lipinski definition) is 1. The summed E-state index contributed by atoms with van der Waals surface area (Å²) >= 11 is 0. The van der Waals surface area contributed by atoms with E-state index in [0.29, 0.717) is 11.3 Å². The Kier molecular flexibility index (Phi) is 2.50. The van der Waals surface area contributed by atoms with Gasteiger partial charge in [0.25, 0.3) is 0 Å². The van der Waals surface area contributed by atoms with E-state index in [4.69, 9.17) is 9.84 Å². The average molecular weight is 192 g/mol. The lowest BCUT2D eigenvalue weighted by atomic mass is 10.2. The van der Waals surface area contributed by atoms with Crippen LogP contribution in [-0.4, -0.2) is 11.1 Å². The second kappa shape index (κ2) is 3.80. The molecule has 0 bridgehead atoms. The van der Waals surface area contributed by atoms with Crippen molar-refractivity contribution in [3.8, 4) is 5.75 Å². The van der Waals surface area contributed by atoms with E-state index in [0.717, 1.165) is 12.8 Å². The molecule has 0 aliphatic heterocycles. The Morgan fingerprint density at radius 3 is 2.79 bits per heavy atom. The number of ether oxygens (including phenoxy) is 1. The van der Waals surface area contributed by atoms with Gasteiger partial charge in [-0.15, -0.1) is 0 Å². The predicted octanol–water partition coefficient (Wildman–Crippen LogP) is 1.49. The molecule has 1 aromatic carbocycles. The van der Waals surface area contributed by atoms with Gasteiger partial charge in [-0.1, -0.05) is 18.2 Å². The van der Waals surface area contributed by atoms with E-state index in [1.807, 2.05) is 0 Å². The van der Waals surface area contributed by atoms with Gasteiger partial charge in [-0.2, -0.15) is 0 Å². The second-order valence-corrected chi connectivity index (χ2v) is 3.46. The fourth-order valence-corrected chi connectivity index (χ4v) is 1.24. The van der Waals surface area contributed by atoms with Gasteiger partial charge < -0.3 is 9.84 Å². The first-order chi connectivity index (χ1) is 6.81. The Labute approximate surface area is 82.3 Å². The number of aliphatic hydroxyl groups excluding tert-OH is 1. The molecule has 0 amide bonds. The zero-order valence-corrected chi connectivity index (χ0v) is 7.77. The molecule has 74 valence electrons. The smallest absolute Gasteiger partial charge is 0.314 e. The minimum atomic E-state index is -0.175. The molecule has 3 heteroatoms. The maximum absolute atomic E-state index is 11.3. The molecule has 0 atom stereocenters. The molecule has 14 heavy (non-hydrogen) atoms. The number of rotatable bonds is 3. The van der Waals surface area contributed by atoms with Crippen molar-refractivity contribution in [1.29, 1.82) is 0 Å². The number of para-hydroxylation sites is 1. The summed E-state index contributed by atoms with van der Waals surface area (Å²) in [7, 11) is 0. The van der Waals surface area contributed by atoms with Gasteiger partial charge in [0.2, 0.25) is 0 Å². The number of carbonyl (C=O) groups excluding carboxylic acids is 1. The summed E-state index contributed by atoms with van der Waals surface area (Å²) in [6.45, 7) is -0.103. The topological polar surface area (TPSA) is 46.5 Å². The van der Waals surface area contributed by atoms with E-state index in [2.05, 4.69) is 0 Å². The summed E-state index contributed by atoms with van der Waals surface area (Å²) in [6, 6.07) is 7.04. The third kappa shape index (κ3) is 1.93. The van der Waals surface area contributed by atoms with E-state index < -0.39 is 0 Å². The molecule has 1 aromatic rings. The third-order valence-electron chi connectivity index (χ3n) is 2.26. The van der Waals surface area contributed by atoms with Crippen LogP contribution in [-0.2, 0) is 11.4 Å². The highest BCUT2D eigenvalue weighted by molar-refractivity contribution is 5.77. The van der Waals surface area contributed by atoms with Gasteiger partial charge in [0.05, 0.1) is 12.5 Å². The Bertz CT molecular complexity index is 342. The summed E-state index contributed by atoms with van der Waals surface area (Å²) < 4.78 is 5.16. The summed E-state index contributed by atoms with van der Waals surface area (Å²) in [4.78, 5) is 11.3. The number of esters is 1. The van der Waals surface area contributed by atoms with Crippen molar-refractivity contribution < 1.29 is 14.6 Å². The molecule has 1 N–H and O–H groups in total. The molecule has 3 nitrogen and oxygen atoms in total. The normalized spacial score (nSPS) is 15.2. The van der Waals surface area contributed by atoms with Crippen LogP contribution in [0.1, 0.15) is 18.4 Å². The number of aliphatic hydroxyl groups is 1. The zero-order chi connectivity index (χ0) is 9.97. The molecule has 0 radical (unpaired) electrons. The SMILES string of the molecule is O=C(Oc1ccccc1CO)C1CC1. The third-order valence-corrected chi connectivity index (χ3v) is 2.26. The number of hydrogen-bond acceptors (Lipinski definition) is 3. The molecule has 1 aliphatic rings. The van der Waals surface area contributed by atoms with Crippen LogP contribution in [0.3, 0.4) is 0 Å². The number of benzene rings is 1. The maximum Gasteiger partial charge on any atom is 0.314 e. The molecule has 0 heterocycles. The molecule has 0 saturated heterocycles. The van der Waals surface area contributed by atoms with Crippen molar-refractivity contribution in [1.82, 2.24) is 0 Å².